The third kappa shape index (κ3) is 17.8. The lowest BCUT2D eigenvalue weighted by molar-refractivity contribution is 0.598. The van der Waals surface area contributed by atoms with Crippen LogP contribution in [-0.4, -0.2) is 56.5 Å². The molecule has 0 unspecified atom stereocenters. The lowest BCUT2D eigenvalue weighted by atomic mass is 9.96. The number of para-hydroxylation sites is 2. The van der Waals surface area contributed by atoms with Crippen molar-refractivity contribution in [3.05, 3.63) is 235 Å². The van der Waals surface area contributed by atoms with E-state index in [4.69, 9.17) is 17.3 Å². The van der Waals surface area contributed by atoms with Gasteiger partial charge in [-0.1, -0.05) is 151 Å². The largest absolute Gasteiger partial charge is 0.382 e. The van der Waals surface area contributed by atoms with Gasteiger partial charge in [0.2, 0.25) is 0 Å². The first kappa shape index (κ1) is 72.2. The van der Waals surface area contributed by atoms with Gasteiger partial charge in [-0.25, -0.2) is 32.5 Å². The molecule has 500 valence electrons. The van der Waals surface area contributed by atoms with E-state index in [0.29, 0.717) is 50.7 Å². The summed E-state index contributed by atoms with van der Waals surface area (Å²) in [5.74, 6) is 2.01. The summed E-state index contributed by atoms with van der Waals surface area (Å²) in [5.41, 5.74) is 22.3. The number of nitrogen functional groups attached to an aromatic ring is 1. The van der Waals surface area contributed by atoms with Crippen molar-refractivity contribution in [2.75, 3.05) is 5.73 Å². The number of hydrogen-bond donors (Lipinski definition) is 5. The number of aromatic amines is 4. The number of aromatic nitrogens is 10. The molecule has 1 aliphatic rings. The van der Waals surface area contributed by atoms with Crippen molar-refractivity contribution in [3.8, 4) is 0 Å². The molecule has 0 amide bonds. The first-order chi connectivity index (χ1) is 45.6. The number of aliphatic imine (C=N–C) groups is 1. The molecule has 0 saturated carbocycles. The molecule has 1 aliphatic heterocycles. The van der Waals surface area contributed by atoms with E-state index in [2.05, 4.69) is 159 Å². The molecule has 0 aliphatic carbocycles. The molecular formula is C78H87ClF4N12O. The molecule has 0 radical (unpaired) electrons. The monoisotopic (exact) mass is 1320 g/mol. The first-order valence-electron chi connectivity index (χ1n) is 32.5. The molecule has 7 heterocycles. The number of H-pyrrole nitrogens is 4. The van der Waals surface area contributed by atoms with E-state index < -0.39 is 0 Å². The summed E-state index contributed by atoms with van der Waals surface area (Å²) in [6, 6.07) is 37.9. The summed E-state index contributed by atoms with van der Waals surface area (Å²) in [7, 11) is 0. The zero-order valence-electron chi connectivity index (χ0n) is 57.6. The minimum Gasteiger partial charge on any atom is -0.382 e. The predicted molar refractivity (Wildman–Crippen MR) is 390 cm³/mol. The fourth-order valence-electron chi connectivity index (χ4n) is 11.1. The third-order valence-electron chi connectivity index (χ3n) is 16.5. The fourth-order valence-corrected chi connectivity index (χ4v) is 11.5. The summed E-state index contributed by atoms with van der Waals surface area (Å²) in [4.78, 5) is 37.8. The Morgan fingerprint density at radius 1 is 0.469 bits per heavy atom. The molecule has 0 saturated heterocycles. The van der Waals surface area contributed by atoms with Gasteiger partial charge in [-0.05, 0) is 166 Å². The summed E-state index contributed by atoms with van der Waals surface area (Å²) >= 11 is 6.09. The fraction of sp³-hybridized carbons (Fsp3) is 0.308. The lowest BCUT2D eigenvalue weighted by Crippen LogP contribution is -2.07. The maximum absolute atomic E-state index is 13.5. The minimum absolute atomic E-state index is 0.0500. The second kappa shape index (κ2) is 32.2. The molecule has 6 N–H and O–H groups in total. The molecule has 0 atom stereocenters. The van der Waals surface area contributed by atoms with Crippen LogP contribution in [0.3, 0.4) is 0 Å². The van der Waals surface area contributed by atoms with Crippen LogP contribution < -0.4 is 11.3 Å². The zero-order chi connectivity index (χ0) is 69.8. The van der Waals surface area contributed by atoms with Crippen LogP contribution in [0.25, 0.3) is 65.5 Å². The van der Waals surface area contributed by atoms with Crippen molar-refractivity contribution >= 4 is 94.9 Å². The van der Waals surface area contributed by atoms with Crippen molar-refractivity contribution in [3.63, 3.8) is 0 Å². The molecule has 13 nitrogen and oxygen atoms in total. The number of fused-ring (bicyclic) bond motifs is 7. The van der Waals surface area contributed by atoms with Crippen molar-refractivity contribution in [1.29, 1.82) is 0 Å². The van der Waals surface area contributed by atoms with Crippen LogP contribution in [0.5, 0.6) is 0 Å². The van der Waals surface area contributed by atoms with Crippen molar-refractivity contribution < 1.29 is 17.6 Å². The second-order valence-electron chi connectivity index (χ2n) is 26.1. The Labute approximate surface area is 563 Å². The number of nitrogens with zero attached hydrogens (tertiary/aromatic N) is 7. The lowest BCUT2D eigenvalue weighted by Gasteiger charge is -2.10. The first-order valence-corrected chi connectivity index (χ1v) is 32.9. The Balaban J connectivity index is 0.000000143. The predicted octanol–water partition coefficient (Wildman–Crippen LogP) is 21.3. The van der Waals surface area contributed by atoms with E-state index in [1.165, 1.54) is 52.7 Å². The summed E-state index contributed by atoms with van der Waals surface area (Å²) in [6.45, 7) is 32.9. The van der Waals surface area contributed by atoms with Gasteiger partial charge in [0.05, 0.1) is 68.5 Å². The zero-order valence-corrected chi connectivity index (χ0v) is 58.4. The average Bonchev–Trinajstić information content (AvgIpc) is 1.14. The number of benzene rings is 7. The van der Waals surface area contributed by atoms with Crippen molar-refractivity contribution in [2.45, 2.75) is 159 Å². The quantitative estimate of drug-likeness (QED) is 0.0767. The Hall–Kier alpha value is -9.61. The number of rotatable bonds is 7. The molecule has 14 rings (SSSR count). The van der Waals surface area contributed by atoms with Crippen LogP contribution in [-0.2, 0) is 6.42 Å². The van der Waals surface area contributed by atoms with E-state index in [-0.39, 0.29) is 52.5 Å². The highest BCUT2D eigenvalue weighted by Crippen LogP contribution is 2.33. The summed E-state index contributed by atoms with van der Waals surface area (Å²) in [6.07, 6.45) is 7.23. The molecular weight excluding hydrogens is 1230 g/mol. The van der Waals surface area contributed by atoms with Gasteiger partial charge < -0.3 is 15.7 Å². The van der Waals surface area contributed by atoms with Crippen LogP contribution >= 0.6 is 11.6 Å². The number of hydrogen-bond acceptors (Lipinski definition) is 9. The van der Waals surface area contributed by atoms with Crippen LogP contribution in [0.4, 0.5) is 29.1 Å². The molecule has 0 spiro atoms. The Morgan fingerprint density at radius 3 is 1.68 bits per heavy atom. The average molecular weight is 1320 g/mol. The highest BCUT2D eigenvalue weighted by Gasteiger charge is 2.16. The number of imidazole rings is 1. The van der Waals surface area contributed by atoms with E-state index in [9.17, 15) is 22.4 Å². The van der Waals surface area contributed by atoms with Crippen LogP contribution in [0.15, 0.2) is 150 Å². The second-order valence-corrected chi connectivity index (χ2v) is 26.5. The maximum Gasteiger partial charge on any atom is 0.258 e. The number of nitrogens with two attached hydrogens (primary N) is 1. The highest BCUT2D eigenvalue weighted by atomic mass is 35.5. The van der Waals surface area contributed by atoms with Crippen LogP contribution in [0.2, 0.25) is 5.15 Å². The number of nitrogens with one attached hydrogen (secondary N) is 4. The number of halogens is 5. The minimum atomic E-state index is -0.310. The van der Waals surface area contributed by atoms with Gasteiger partial charge in [-0.3, -0.25) is 25.0 Å². The van der Waals surface area contributed by atoms with Gasteiger partial charge in [-0.15, -0.1) is 0 Å². The van der Waals surface area contributed by atoms with E-state index in [1.807, 2.05) is 104 Å². The van der Waals surface area contributed by atoms with E-state index in [1.54, 1.807) is 18.6 Å². The summed E-state index contributed by atoms with van der Waals surface area (Å²) < 4.78 is 53.8. The maximum atomic E-state index is 13.5. The van der Waals surface area contributed by atoms with Gasteiger partial charge in [0.15, 0.2) is 5.82 Å². The normalized spacial score (nSPS) is 11.6. The van der Waals surface area contributed by atoms with Gasteiger partial charge in [-0.2, -0.15) is 10.2 Å². The van der Waals surface area contributed by atoms with Gasteiger partial charge in [0.25, 0.3) is 5.56 Å². The van der Waals surface area contributed by atoms with Gasteiger partial charge in [0, 0.05) is 58.1 Å². The number of anilines is 1. The molecule has 7 aromatic carbocycles. The SMILES string of the molecule is CC(C)c1cc2[nH]cnc2cc1F.CC(C)c1cc2c(=O)[nH]cnc2cc1F.CC(C)c1cc2c(cc1F)N=CC2.CC(C)c1cc2ccccc2nc1Cl.CC(C)c1cc2cn[nH]c2cc1F.Cc1cc(C(C)C)c2ccccc2n1.Cc1cc2[nH]nc(N)c2cc1C(C)C. The van der Waals surface area contributed by atoms with Gasteiger partial charge in [0.1, 0.15) is 28.4 Å². The number of aryl methyl sites for hydroxylation is 2. The van der Waals surface area contributed by atoms with E-state index in [0.717, 1.165) is 89.4 Å². The highest BCUT2D eigenvalue weighted by molar-refractivity contribution is 6.30. The molecule has 18 heteroatoms. The van der Waals surface area contributed by atoms with Crippen molar-refractivity contribution in [2.24, 2.45) is 4.99 Å². The molecule has 96 heavy (non-hydrogen) atoms. The number of pyridine rings is 2. The summed E-state index contributed by atoms with van der Waals surface area (Å²) in [5, 5.41) is 19.0. The Kier molecular flexibility index (Phi) is 24.2. The molecule has 13 aromatic rings. The van der Waals surface area contributed by atoms with Crippen molar-refractivity contribution in [1.82, 2.24) is 50.3 Å². The molecule has 6 aromatic heterocycles. The Morgan fingerprint density at radius 2 is 1.01 bits per heavy atom. The molecule has 0 bridgehead atoms. The Bertz CT molecular complexity index is 4820. The topological polar surface area (TPSA) is 196 Å². The standard InChI is InChI=1S/C13H15N.C12H12ClN.C11H11FN2O.C11H12FN.C11H15N3.2C10H11FN2/c1-9(2)12-8-10(3)14-13-7-5-4-6-11(12)13;1-8(2)10-7-9-5-3-4-6-11(9)14-12(10)13;1-6(2)7-3-8-10(4-9(7)12)13-5-14-11(8)15;1-7(2)9-5-8-3-4-13-11(8)6-10(9)12;1-6(2)8-5-9-10(4-7(8)3)13-14-11(9)12;1-6(2)7-3-9-10(4-8(7)11)13-5-12-9;1-6(2)8-3-7-5-12-13-10(7)4-9(8)11/h4-9H,1-3H3;3-8H,1-2H3;3-6H,1-2H3,(H,13,14,15);4-7H,3H2,1-2H3;4-6H,1-3H3,(H3,12,13,14);2*3-6H,1-2H3,(H,12,13). The van der Waals surface area contributed by atoms with Gasteiger partial charge >= 0.3 is 0 Å². The third-order valence-corrected chi connectivity index (χ3v) is 16.8. The smallest absolute Gasteiger partial charge is 0.258 e. The molecule has 0 fully saturated rings. The van der Waals surface area contributed by atoms with E-state index >= 15 is 0 Å². The van der Waals surface area contributed by atoms with Crippen LogP contribution in [0.1, 0.15) is 194 Å². The van der Waals surface area contributed by atoms with Crippen LogP contribution in [0, 0.1) is 37.1 Å².